The van der Waals surface area contributed by atoms with Crippen molar-refractivity contribution in [1.29, 1.82) is 0 Å². The van der Waals surface area contributed by atoms with Gasteiger partial charge in [-0.2, -0.15) is 0 Å². The highest BCUT2D eigenvalue weighted by Gasteiger charge is 2.22. The Hall–Kier alpha value is -0.310. The summed E-state index contributed by atoms with van der Waals surface area (Å²) in [6.45, 7) is 0. The van der Waals surface area contributed by atoms with E-state index in [1.165, 1.54) is 0 Å². The second-order valence-electron chi connectivity index (χ2n) is 2.03. The first-order chi connectivity index (χ1) is 4.75. The van der Waals surface area contributed by atoms with Crippen LogP contribution in [0.2, 0.25) is 0 Å². The molecule has 0 N–H and O–H groups in total. The van der Waals surface area contributed by atoms with E-state index in [1.54, 1.807) is 6.26 Å². The van der Waals surface area contributed by atoms with Crippen LogP contribution in [0.3, 0.4) is 0 Å². The van der Waals surface area contributed by atoms with Crippen LogP contribution in [0.15, 0.2) is 16.0 Å². The van der Waals surface area contributed by atoms with Crippen molar-refractivity contribution in [3.05, 3.63) is 11.0 Å². The van der Waals surface area contributed by atoms with E-state index in [0.29, 0.717) is 0 Å². The van der Waals surface area contributed by atoms with E-state index >= 15 is 0 Å². The Morgan fingerprint density at radius 2 is 2.70 bits per heavy atom. The van der Waals surface area contributed by atoms with Crippen molar-refractivity contribution in [2.24, 2.45) is 4.99 Å². The highest BCUT2D eigenvalue weighted by molar-refractivity contribution is 7.88. The minimum atomic E-state index is -0.874. The predicted molar refractivity (Wildman–Crippen MR) is 45.6 cm³/mol. The molecule has 0 aromatic heterocycles. The molecule has 0 saturated carbocycles. The van der Waals surface area contributed by atoms with Gasteiger partial charge in [0.1, 0.15) is 0 Å². The predicted octanol–water partition coefficient (Wildman–Crippen LogP) is 1.12. The molecule has 54 valence electrons. The standard InChI is InChI=1S/C6H7NOS2/c1-10(8)6-3-2-5(6)7-4-9/h3,5H,2H2,1H3. The lowest BCUT2D eigenvalue weighted by atomic mass is 10.1. The lowest BCUT2D eigenvalue weighted by Gasteiger charge is -2.19. The molecule has 2 unspecified atom stereocenters. The van der Waals surface area contributed by atoms with Crippen LogP contribution in [-0.2, 0) is 10.8 Å². The normalized spacial score (nSPS) is 25.7. The SMILES string of the molecule is CS(=O)C1=CCC1N=C=S. The average Bonchev–Trinajstić information content (AvgIpc) is 1.78. The van der Waals surface area contributed by atoms with E-state index in [9.17, 15) is 4.21 Å². The summed E-state index contributed by atoms with van der Waals surface area (Å²) in [4.78, 5) is 4.72. The monoisotopic (exact) mass is 173 g/mol. The van der Waals surface area contributed by atoms with Gasteiger partial charge in [-0.3, -0.25) is 4.21 Å². The van der Waals surface area contributed by atoms with E-state index in [1.807, 2.05) is 6.08 Å². The molecule has 0 heterocycles. The van der Waals surface area contributed by atoms with Crippen LogP contribution in [0.4, 0.5) is 0 Å². The Labute approximate surface area is 67.5 Å². The van der Waals surface area contributed by atoms with Crippen molar-refractivity contribution in [3.8, 4) is 0 Å². The average molecular weight is 173 g/mol. The topological polar surface area (TPSA) is 29.4 Å². The molecule has 0 amide bonds. The summed E-state index contributed by atoms with van der Waals surface area (Å²) in [7, 11) is -0.874. The van der Waals surface area contributed by atoms with Crippen molar-refractivity contribution in [2.45, 2.75) is 12.5 Å². The minimum Gasteiger partial charge on any atom is -0.255 e. The Morgan fingerprint density at radius 3 is 3.00 bits per heavy atom. The van der Waals surface area contributed by atoms with E-state index in [0.717, 1.165) is 11.3 Å². The summed E-state index contributed by atoms with van der Waals surface area (Å²) in [6.07, 6.45) is 4.44. The summed E-state index contributed by atoms with van der Waals surface area (Å²) < 4.78 is 10.8. The Morgan fingerprint density at radius 1 is 2.00 bits per heavy atom. The van der Waals surface area contributed by atoms with Crippen molar-refractivity contribution in [3.63, 3.8) is 0 Å². The van der Waals surface area contributed by atoms with E-state index < -0.39 is 10.8 Å². The van der Waals surface area contributed by atoms with Gasteiger partial charge in [0.05, 0.1) is 11.2 Å². The number of hydrogen-bond donors (Lipinski definition) is 0. The third-order valence-electron chi connectivity index (χ3n) is 1.41. The quantitative estimate of drug-likeness (QED) is 0.462. The lowest BCUT2D eigenvalue weighted by molar-refractivity contribution is 0.678. The van der Waals surface area contributed by atoms with Gasteiger partial charge in [-0.1, -0.05) is 6.08 Å². The molecule has 4 heteroatoms. The highest BCUT2D eigenvalue weighted by atomic mass is 32.2. The van der Waals surface area contributed by atoms with Crippen LogP contribution in [-0.4, -0.2) is 21.7 Å². The smallest absolute Gasteiger partial charge is 0.0966 e. The maximum Gasteiger partial charge on any atom is 0.0966 e. The van der Waals surface area contributed by atoms with Crippen molar-refractivity contribution in [2.75, 3.05) is 6.26 Å². The fourth-order valence-electron chi connectivity index (χ4n) is 0.808. The van der Waals surface area contributed by atoms with Gasteiger partial charge in [0, 0.05) is 22.0 Å². The number of nitrogens with zero attached hydrogens (tertiary/aromatic N) is 1. The number of isothiocyanates is 1. The zero-order valence-corrected chi connectivity index (χ0v) is 7.17. The van der Waals surface area contributed by atoms with Crippen LogP contribution in [0.5, 0.6) is 0 Å². The molecule has 0 aromatic carbocycles. The maximum absolute atomic E-state index is 10.8. The summed E-state index contributed by atoms with van der Waals surface area (Å²) in [5, 5.41) is 2.29. The molecule has 1 aliphatic rings. The van der Waals surface area contributed by atoms with Gasteiger partial charge in [0.15, 0.2) is 0 Å². The molecule has 2 atom stereocenters. The largest absolute Gasteiger partial charge is 0.255 e. The molecule has 1 aliphatic carbocycles. The second kappa shape index (κ2) is 3.19. The van der Waals surface area contributed by atoms with Crippen LogP contribution >= 0.6 is 12.2 Å². The van der Waals surface area contributed by atoms with E-state index in [2.05, 4.69) is 22.4 Å². The van der Waals surface area contributed by atoms with Gasteiger partial charge in [-0.25, -0.2) is 4.99 Å². The molecule has 0 spiro atoms. The molecule has 1 rings (SSSR count). The first-order valence-electron chi connectivity index (χ1n) is 2.86. The molecule has 2 nitrogen and oxygen atoms in total. The number of thiocarbonyl (C=S) groups is 1. The van der Waals surface area contributed by atoms with E-state index in [4.69, 9.17) is 0 Å². The fraction of sp³-hybridized carbons (Fsp3) is 0.500. The van der Waals surface area contributed by atoms with Gasteiger partial charge < -0.3 is 0 Å². The maximum atomic E-state index is 10.8. The molecule has 10 heavy (non-hydrogen) atoms. The number of hydrogen-bond acceptors (Lipinski definition) is 3. The van der Waals surface area contributed by atoms with Gasteiger partial charge in [0.25, 0.3) is 0 Å². The van der Waals surface area contributed by atoms with Crippen LogP contribution in [0.1, 0.15) is 6.42 Å². The molecule has 0 bridgehead atoms. The van der Waals surface area contributed by atoms with Crippen molar-refractivity contribution >= 4 is 28.2 Å². The fourth-order valence-corrected chi connectivity index (χ4v) is 1.80. The summed E-state index contributed by atoms with van der Waals surface area (Å²) >= 11 is 4.43. The van der Waals surface area contributed by atoms with Gasteiger partial charge in [0.2, 0.25) is 0 Å². The van der Waals surface area contributed by atoms with Crippen LogP contribution in [0, 0.1) is 0 Å². The first-order valence-corrected chi connectivity index (χ1v) is 4.83. The number of rotatable bonds is 2. The number of aliphatic imine (C=N–C) groups is 1. The van der Waals surface area contributed by atoms with Gasteiger partial charge in [-0.15, -0.1) is 0 Å². The molecule has 0 aliphatic heterocycles. The first kappa shape index (κ1) is 7.79. The van der Waals surface area contributed by atoms with Gasteiger partial charge in [-0.05, 0) is 18.6 Å². The molecule has 0 saturated heterocycles. The molecule has 0 radical (unpaired) electrons. The zero-order chi connectivity index (χ0) is 7.56. The van der Waals surface area contributed by atoms with Crippen LogP contribution < -0.4 is 0 Å². The van der Waals surface area contributed by atoms with Gasteiger partial charge >= 0.3 is 0 Å². The van der Waals surface area contributed by atoms with Crippen molar-refractivity contribution in [1.82, 2.24) is 0 Å². The zero-order valence-electron chi connectivity index (χ0n) is 5.53. The van der Waals surface area contributed by atoms with Crippen LogP contribution in [0.25, 0.3) is 0 Å². The highest BCUT2D eigenvalue weighted by Crippen LogP contribution is 2.24. The lowest BCUT2D eigenvalue weighted by Crippen LogP contribution is -2.19. The Balaban J connectivity index is 2.67. The minimum absolute atomic E-state index is 0.0586. The summed E-state index contributed by atoms with van der Waals surface area (Å²) in [5.74, 6) is 0. The summed E-state index contributed by atoms with van der Waals surface area (Å²) in [6, 6.07) is 0.0586. The van der Waals surface area contributed by atoms with E-state index in [-0.39, 0.29) is 6.04 Å². The molecule has 0 aromatic rings. The van der Waals surface area contributed by atoms with Crippen molar-refractivity contribution < 1.29 is 4.21 Å². The molecule has 0 fully saturated rings. The second-order valence-corrected chi connectivity index (χ2v) is 3.59. The summed E-state index contributed by atoms with van der Waals surface area (Å²) in [5.41, 5.74) is 0. The molecular weight excluding hydrogens is 166 g/mol. The third-order valence-corrected chi connectivity index (χ3v) is 2.62. The Bertz CT molecular complexity index is 240. The third kappa shape index (κ3) is 1.40. The molecular formula is C6H7NOS2. The Kier molecular flexibility index (Phi) is 2.49.